The van der Waals surface area contributed by atoms with E-state index >= 15 is 0 Å². The molecule has 0 aromatic rings. The molecule has 0 heterocycles. The number of sulfone groups is 1. The van der Waals surface area contributed by atoms with Crippen molar-refractivity contribution in [1.82, 2.24) is 5.32 Å². The van der Waals surface area contributed by atoms with Crippen LogP contribution < -0.4 is 5.32 Å². The Labute approximate surface area is 108 Å². The predicted molar refractivity (Wildman–Crippen MR) is 68.4 cm³/mol. The molecular formula is C12H20N2O3S. The van der Waals surface area contributed by atoms with Gasteiger partial charge in [-0.05, 0) is 19.8 Å². The zero-order chi connectivity index (χ0) is 13.8. The summed E-state index contributed by atoms with van der Waals surface area (Å²) >= 11 is 0. The summed E-state index contributed by atoms with van der Waals surface area (Å²) in [5.41, 5.74) is -0.954. The third-order valence-corrected chi connectivity index (χ3v) is 4.39. The zero-order valence-electron chi connectivity index (χ0n) is 10.9. The van der Waals surface area contributed by atoms with E-state index in [-0.39, 0.29) is 11.7 Å². The molecule has 18 heavy (non-hydrogen) atoms. The Hall–Kier alpha value is -1.09. The SMILES string of the molecule is CC(CS(C)(=O)=O)NC(=O)C1(C#N)CCCCC1. The first-order valence-corrected chi connectivity index (χ1v) is 8.25. The van der Waals surface area contributed by atoms with Crippen LogP contribution in [0.5, 0.6) is 0 Å². The van der Waals surface area contributed by atoms with E-state index in [0.29, 0.717) is 12.8 Å². The van der Waals surface area contributed by atoms with E-state index in [1.807, 2.05) is 0 Å². The van der Waals surface area contributed by atoms with Crippen LogP contribution in [0.25, 0.3) is 0 Å². The maximum atomic E-state index is 12.1. The van der Waals surface area contributed by atoms with Crippen LogP contribution in [0.4, 0.5) is 0 Å². The summed E-state index contributed by atoms with van der Waals surface area (Å²) in [4.78, 5) is 12.1. The van der Waals surface area contributed by atoms with Gasteiger partial charge < -0.3 is 5.32 Å². The average molecular weight is 272 g/mol. The largest absolute Gasteiger partial charge is 0.351 e. The van der Waals surface area contributed by atoms with E-state index in [9.17, 15) is 18.5 Å². The lowest BCUT2D eigenvalue weighted by molar-refractivity contribution is -0.130. The first-order valence-electron chi connectivity index (χ1n) is 6.19. The summed E-state index contributed by atoms with van der Waals surface area (Å²) in [5, 5.41) is 11.9. The van der Waals surface area contributed by atoms with Gasteiger partial charge >= 0.3 is 0 Å². The van der Waals surface area contributed by atoms with Crippen molar-refractivity contribution in [3.8, 4) is 6.07 Å². The second-order valence-corrected chi connectivity index (χ2v) is 7.41. The lowest BCUT2D eigenvalue weighted by Crippen LogP contribution is -2.47. The number of rotatable bonds is 4. The van der Waals surface area contributed by atoms with Gasteiger partial charge in [0.25, 0.3) is 0 Å². The van der Waals surface area contributed by atoms with Crippen LogP contribution in [0.2, 0.25) is 0 Å². The zero-order valence-corrected chi connectivity index (χ0v) is 11.7. The van der Waals surface area contributed by atoms with Crippen molar-refractivity contribution in [2.45, 2.75) is 45.1 Å². The van der Waals surface area contributed by atoms with Gasteiger partial charge in [0.05, 0.1) is 11.8 Å². The fourth-order valence-corrected chi connectivity index (χ4v) is 3.39. The number of nitrogens with one attached hydrogen (secondary N) is 1. The molecule has 1 unspecified atom stereocenters. The van der Waals surface area contributed by atoms with Crippen molar-refractivity contribution in [3.63, 3.8) is 0 Å². The number of amides is 1. The molecule has 1 saturated carbocycles. The lowest BCUT2D eigenvalue weighted by atomic mass is 9.74. The first-order chi connectivity index (χ1) is 8.29. The molecule has 0 aliphatic heterocycles. The molecule has 1 amide bonds. The van der Waals surface area contributed by atoms with Crippen LogP contribution in [-0.2, 0) is 14.6 Å². The van der Waals surface area contributed by atoms with Gasteiger partial charge in [-0.15, -0.1) is 0 Å². The maximum Gasteiger partial charge on any atom is 0.240 e. The van der Waals surface area contributed by atoms with Crippen LogP contribution in [0.3, 0.4) is 0 Å². The van der Waals surface area contributed by atoms with Crippen molar-refractivity contribution < 1.29 is 13.2 Å². The third-order valence-electron chi connectivity index (χ3n) is 3.29. The monoisotopic (exact) mass is 272 g/mol. The topological polar surface area (TPSA) is 87.0 Å². The summed E-state index contributed by atoms with van der Waals surface area (Å²) < 4.78 is 22.3. The Morgan fingerprint density at radius 2 is 1.94 bits per heavy atom. The number of hydrogen-bond acceptors (Lipinski definition) is 4. The molecule has 0 bridgehead atoms. The highest BCUT2D eigenvalue weighted by Gasteiger charge is 2.40. The normalized spacial score (nSPS) is 20.7. The van der Waals surface area contributed by atoms with E-state index in [2.05, 4.69) is 11.4 Å². The molecule has 102 valence electrons. The number of nitrogens with zero attached hydrogens (tertiary/aromatic N) is 1. The molecule has 0 radical (unpaired) electrons. The Bertz CT molecular complexity index is 444. The molecule has 1 fully saturated rings. The van der Waals surface area contributed by atoms with Gasteiger partial charge in [0.2, 0.25) is 5.91 Å². The second kappa shape index (κ2) is 5.70. The molecule has 0 aromatic carbocycles. The smallest absolute Gasteiger partial charge is 0.240 e. The minimum atomic E-state index is -3.12. The van der Waals surface area contributed by atoms with Crippen LogP contribution >= 0.6 is 0 Å². The Morgan fingerprint density at radius 3 is 2.39 bits per heavy atom. The Morgan fingerprint density at radius 1 is 1.39 bits per heavy atom. The Kier molecular flexibility index (Phi) is 4.74. The first kappa shape index (κ1) is 15.0. The Balaban J connectivity index is 2.66. The van der Waals surface area contributed by atoms with Gasteiger partial charge in [-0.3, -0.25) is 4.79 Å². The highest BCUT2D eigenvalue weighted by Crippen LogP contribution is 2.35. The molecule has 6 heteroatoms. The van der Waals surface area contributed by atoms with E-state index < -0.39 is 21.3 Å². The standard InChI is InChI=1S/C12H20N2O3S/c1-10(8-18(2,16)17)14-11(15)12(9-13)6-4-3-5-7-12/h10H,3-8H2,1-2H3,(H,14,15). The molecule has 1 atom stereocenters. The molecule has 1 aliphatic rings. The fraction of sp³-hybridized carbons (Fsp3) is 0.833. The lowest BCUT2D eigenvalue weighted by Gasteiger charge is -2.30. The van der Waals surface area contributed by atoms with Gasteiger partial charge in [0.15, 0.2) is 0 Å². The molecule has 0 aromatic heterocycles. The van der Waals surface area contributed by atoms with Gasteiger partial charge in [0, 0.05) is 12.3 Å². The average Bonchev–Trinajstić information content (AvgIpc) is 2.27. The quantitative estimate of drug-likeness (QED) is 0.827. The summed E-state index contributed by atoms with van der Waals surface area (Å²) in [6.45, 7) is 1.65. The van der Waals surface area contributed by atoms with Crippen LogP contribution in [0.1, 0.15) is 39.0 Å². The van der Waals surface area contributed by atoms with E-state index in [1.54, 1.807) is 6.92 Å². The summed E-state index contributed by atoms with van der Waals surface area (Å²) in [6, 6.07) is 1.67. The minimum Gasteiger partial charge on any atom is -0.351 e. The highest BCUT2D eigenvalue weighted by atomic mass is 32.2. The number of carbonyl (C=O) groups excluding carboxylic acids is 1. The van der Waals surface area contributed by atoms with Crippen molar-refractivity contribution in [2.24, 2.45) is 5.41 Å². The summed E-state index contributed by atoms with van der Waals surface area (Å²) in [5.74, 6) is -0.416. The molecule has 1 N–H and O–H groups in total. The van der Waals surface area contributed by atoms with Crippen LogP contribution in [0.15, 0.2) is 0 Å². The van der Waals surface area contributed by atoms with Crippen molar-refractivity contribution >= 4 is 15.7 Å². The molecular weight excluding hydrogens is 252 g/mol. The van der Waals surface area contributed by atoms with Gasteiger partial charge in [-0.2, -0.15) is 5.26 Å². The number of hydrogen-bond donors (Lipinski definition) is 1. The molecule has 0 saturated heterocycles. The number of carbonyl (C=O) groups is 1. The second-order valence-electron chi connectivity index (χ2n) is 5.22. The number of nitriles is 1. The fourth-order valence-electron chi connectivity index (χ4n) is 2.40. The van der Waals surface area contributed by atoms with Crippen LogP contribution in [0, 0.1) is 16.7 Å². The van der Waals surface area contributed by atoms with Gasteiger partial charge in [-0.25, -0.2) is 8.42 Å². The van der Waals surface area contributed by atoms with Gasteiger partial charge in [-0.1, -0.05) is 19.3 Å². The molecule has 0 spiro atoms. The summed E-state index contributed by atoms with van der Waals surface area (Å²) in [7, 11) is -3.12. The van der Waals surface area contributed by atoms with E-state index in [1.165, 1.54) is 0 Å². The molecule has 1 rings (SSSR count). The third kappa shape index (κ3) is 3.98. The maximum absolute atomic E-state index is 12.1. The van der Waals surface area contributed by atoms with E-state index in [0.717, 1.165) is 25.5 Å². The van der Waals surface area contributed by atoms with Gasteiger partial charge in [0.1, 0.15) is 15.3 Å². The molecule has 5 nitrogen and oxygen atoms in total. The van der Waals surface area contributed by atoms with Crippen molar-refractivity contribution in [1.29, 1.82) is 5.26 Å². The minimum absolute atomic E-state index is 0.0970. The van der Waals surface area contributed by atoms with Crippen molar-refractivity contribution in [2.75, 3.05) is 12.0 Å². The van der Waals surface area contributed by atoms with Crippen LogP contribution in [-0.4, -0.2) is 32.4 Å². The van der Waals surface area contributed by atoms with Crippen molar-refractivity contribution in [3.05, 3.63) is 0 Å². The molecule has 1 aliphatic carbocycles. The predicted octanol–water partition coefficient (Wildman–Crippen LogP) is 1.01. The van der Waals surface area contributed by atoms with E-state index in [4.69, 9.17) is 0 Å². The highest BCUT2D eigenvalue weighted by molar-refractivity contribution is 7.90. The summed E-state index contributed by atoms with van der Waals surface area (Å²) in [6.07, 6.45) is 5.08.